The first kappa shape index (κ1) is 22.8. The lowest BCUT2D eigenvalue weighted by Gasteiger charge is -2.28. The number of hydrogen-bond donors (Lipinski definition) is 1. The van der Waals surface area contributed by atoms with E-state index in [-0.39, 0.29) is 16.5 Å². The molecule has 8 heteroatoms. The molecule has 2 aromatic rings. The number of fused-ring (bicyclic) bond motifs is 1. The van der Waals surface area contributed by atoms with Gasteiger partial charge in [-0.15, -0.1) is 0 Å². The van der Waals surface area contributed by atoms with Crippen molar-refractivity contribution in [3.8, 4) is 0 Å². The van der Waals surface area contributed by atoms with E-state index in [2.05, 4.69) is 5.32 Å². The van der Waals surface area contributed by atoms with E-state index in [4.69, 9.17) is 4.74 Å². The highest BCUT2D eigenvalue weighted by Gasteiger charge is 2.37. The number of hydrogen-bond acceptors (Lipinski definition) is 5. The third-order valence-electron chi connectivity index (χ3n) is 5.57. The van der Waals surface area contributed by atoms with Crippen LogP contribution in [0.15, 0.2) is 53.4 Å². The maximum absolute atomic E-state index is 13.4. The van der Waals surface area contributed by atoms with Gasteiger partial charge in [-0.05, 0) is 56.5 Å². The number of anilines is 1. The molecule has 0 radical (unpaired) electrons. The highest BCUT2D eigenvalue weighted by molar-refractivity contribution is 7.92. The first-order valence-electron chi connectivity index (χ1n) is 10.3. The highest BCUT2D eigenvalue weighted by Crippen LogP contribution is 2.36. The number of benzene rings is 2. The van der Waals surface area contributed by atoms with Gasteiger partial charge in [0.15, 0.2) is 0 Å². The Labute approximate surface area is 183 Å². The first-order chi connectivity index (χ1) is 14.6. The SMILES string of the molecule is CCCC(C)(NC(=O)c1cccc(S(=O)(=O)N2c3ccccc3CC2C)c1)C(=O)OC. The quantitative estimate of drug-likeness (QED) is 0.662. The Morgan fingerprint density at radius 2 is 1.90 bits per heavy atom. The normalized spacial score (nSPS) is 17.5. The van der Waals surface area contributed by atoms with Gasteiger partial charge in [0.2, 0.25) is 0 Å². The Balaban J connectivity index is 1.93. The molecule has 0 spiro atoms. The molecule has 3 rings (SSSR count). The summed E-state index contributed by atoms with van der Waals surface area (Å²) in [4.78, 5) is 25.1. The molecule has 7 nitrogen and oxygen atoms in total. The van der Waals surface area contributed by atoms with Gasteiger partial charge in [0.1, 0.15) is 5.54 Å². The number of para-hydroxylation sites is 1. The fourth-order valence-corrected chi connectivity index (χ4v) is 5.82. The molecule has 166 valence electrons. The van der Waals surface area contributed by atoms with E-state index in [0.29, 0.717) is 24.9 Å². The number of sulfonamides is 1. The molecule has 0 saturated carbocycles. The Morgan fingerprint density at radius 3 is 2.58 bits per heavy atom. The number of amides is 1. The van der Waals surface area contributed by atoms with Crippen molar-refractivity contribution in [1.29, 1.82) is 0 Å². The lowest BCUT2D eigenvalue weighted by molar-refractivity contribution is -0.147. The van der Waals surface area contributed by atoms with E-state index in [1.54, 1.807) is 13.0 Å². The van der Waals surface area contributed by atoms with Crippen LogP contribution >= 0.6 is 0 Å². The molecule has 1 aliphatic rings. The van der Waals surface area contributed by atoms with E-state index < -0.39 is 27.4 Å². The second-order valence-electron chi connectivity index (χ2n) is 8.04. The van der Waals surface area contributed by atoms with Crippen LogP contribution in [0.25, 0.3) is 0 Å². The van der Waals surface area contributed by atoms with Gasteiger partial charge in [-0.3, -0.25) is 9.10 Å². The fourth-order valence-electron chi connectivity index (χ4n) is 4.08. The molecule has 1 N–H and O–H groups in total. The number of nitrogens with one attached hydrogen (secondary N) is 1. The van der Waals surface area contributed by atoms with Crippen LogP contribution in [-0.2, 0) is 26.0 Å². The van der Waals surface area contributed by atoms with Crippen molar-refractivity contribution < 1.29 is 22.7 Å². The van der Waals surface area contributed by atoms with E-state index in [0.717, 1.165) is 5.56 Å². The van der Waals surface area contributed by atoms with Crippen LogP contribution in [0.5, 0.6) is 0 Å². The molecular formula is C23H28N2O5S. The van der Waals surface area contributed by atoms with Crippen LogP contribution in [0, 0.1) is 0 Å². The van der Waals surface area contributed by atoms with E-state index in [1.165, 1.54) is 35.7 Å². The summed E-state index contributed by atoms with van der Waals surface area (Å²) >= 11 is 0. The minimum absolute atomic E-state index is 0.0268. The minimum Gasteiger partial charge on any atom is -0.467 e. The molecule has 31 heavy (non-hydrogen) atoms. The minimum atomic E-state index is -3.87. The molecule has 1 aliphatic heterocycles. The summed E-state index contributed by atoms with van der Waals surface area (Å²) in [7, 11) is -2.60. The summed E-state index contributed by atoms with van der Waals surface area (Å²) in [5.74, 6) is -1.08. The Kier molecular flexibility index (Phi) is 6.40. The predicted octanol–water partition coefficient (Wildman–Crippen LogP) is 3.29. The number of esters is 1. The van der Waals surface area contributed by atoms with Gasteiger partial charge in [0, 0.05) is 11.6 Å². The Hall–Kier alpha value is -2.87. The lowest BCUT2D eigenvalue weighted by atomic mass is 9.95. The van der Waals surface area contributed by atoms with Crippen LogP contribution in [0.2, 0.25) is 0 Å². The topological polar surface area (TPSA) is 92.8 Å². The summed E-state index contributed by atoms with van der Waals surface area (Å²) in [6.07, 6.45) is 1.68. The molecule has 2 atom stereocenters. The zero-order chi connectivity index (χ0) is 22.8. The van der Waals surface area contributed by atoms with Gasteiger partial charge in [-0.1, -0.05) is 37.6 Å². The second kappa shape index (κ2) is 8.70. The lowest BCUT2D eigenvalue weighted by Crippen LogP contribution is -2.52. The molecule has 1 amide bonds. The number of ether oxygens (including phenoxy) is 1. The first-order valence-corrected chi connectivity index (χ1v) is 11.7. The number of rotatable bonds is 7. The van der Waals surface area contributed by atoms with E-state index in [1.807, 2.05) is 32.0 Å². The molecule has 0 fully saturated rings. The highest BCUT2D eigenvalue weighted by atomic mass is 32.2. The van der Waals surface area contributed by atoms with Gasteiger partial charge in [0.05, 0.1) is 17.7 Å². The maximum atomic E-state index is 13.4. The van der Waals surface area contributed by atoms with Gasteiger partial charge in [-0.2, -0.15) is 0 Å². The molecule has 0 saturated heterocycles. The maximum Gasteiger partial charge on any atom is 0.331 e. The van der Waals surface area contributed by atoms with Gasteiger partial charge >= 0.3 is 5.97 Å². The average Bonchev–Trinajstić information content (AvgIpc) is 3.09. The summed E-state index contributed by atoms with van der Waals surface area (Å²) in [6.45, 7) is 5.36. The zero-order valence-electron chi connectivity index (χ0n) is 18.2. The molecule has 0 bridgehead atoms. The summed E-state index contributed by atoms with van der Waals surface area (Å²) in [6, 6.07) is 13.1. The van der Waals surface area contributed by atoms with Crippen LogP contribution < -0.4 is 9.62 Å². The van der Waals surface area contributed by atoms with Crippen molar-refractivity contribution in [2.45, 2.75) is 56.5 Å². The third-order valence-corrected chi connectivity index (χ3v) is 7.50. The fraction of sp³-hybridized carbons (Fsp3) is 0.391. The van der Waals surface area contributed by atoms with Crippen molar-refractivity contribution >= 4 is 27.6 Å². The van der Waals surface area contributed by atoms with Gasteiger partial charge in [0.25, 0.3) is 15.9 Å². The Morgan fingerprint density at radius 1 is 1.19 bits per heavy atom. The van der Waals surface area contributed by atoms with Crippen molar-refractivity contribution in [3.63, 3.8) is 0 Å². The largest absolute Gasteiger partial charge is 0.467 e. The standard InChI is InChI=1S/C23H28N2O5S/c1-5-13-23(3,22(27)30-4)24-21(26)18-10-8-11-19(15-18)31(28,29)25-16(2)14-17-9-6-7-12-20(17)25/h6-12,15-16H,5,13-14H2,1-4H3,(H,24,26). The smallest absolute Gasteiger partial charge is 0.331 e. The Bertz CT molecular complexity index is 1100. The molecule has 0 aromatic heterocycles. The monoisotopic (exact) mass is 444 g/mol. The number of carbonyl (C=O) groups is 2. The third kappa shape index (κ3) is 4.30. The number of methoxy groups -OCH3 is 1. The van der Waals surface area contributed by atoms with Gasteiger partial charge in [-0.25, -0.2) is 13.2 Å². The van der Waals surface area contributed by atoms with Crippen molar-refractivity contribution in [3.05, 3.63) is 59.7 Å². The van der Waals surface area contributed by atoms with Crippen molar-refractivity contribution in [2.75, 3.05) is 11.4 Å². The number of nitrogens with zero attached hydrogens (tertiary/aromatic N) is 1. The molecule has 0 aliphatic carbocycles. The number of carbonyl (C=O) groups excluding carboxylic acids is 2. The van der Waals surface area contributed by atoms with Crippen molar-refractivity contribution in [1.82, 2.24) is 5.32 Å². The second-order valence-corrected chi connectivity index (χ2v) is 9.85. The zero-order valence-corrected chi connectivity index (χ0v) is 19.0. The molecule has 2 unspecified atom stereocenters. The molecular weight excluding hydrogens is 416 g/mol. The van der Waals surface area contributed by atoms with Gasteiger partial charge < -0.3 is 10.1 Å². The molecule has 2 aromatic carbocycles. The van der Waals surface area contributed by atoms with Crippen LogP contribution in [0.4, 0.5) is 5.69 Å². The van der Waals surface area contributed by atoms with Crippen LogP contribution in [0.1, 0.15) is 49.5 Å². The van der Waals surface area contributed by atoms with Crippen LogP contribution in [-0.4, -0.2) is 39.0 Å². The van der Waals surface area contributed by atoms with E-state index in [9.17, 15) is 18.0 Å². The van der Waals surface area contributed by atoms with Crippen LogP contribution in [0.3, 0.4) is 0 Å². The predicted molar refractivity (Wildman–Crippen MR) is 119 cm³/mol. The average molecular weight is 445 g/mol. The summed E-state index contributed by atoms with van der Waals surface area (Å²) < 4.78 is 33.1. The summed E-state index contributed by atoms with van der Waals surface area (Å²) in [5.41, 5.74) is 0.595. The summed E-state index contributed by atoms with van der Waals surface area (Å²) in [5, 5.41) is 2.71. The van der Waals surface area contributed by atoms with Crippen molar-refractivity contribution in [2.24, 2.45) is 0 Å². The molecule has 1 heterocycles. The van der Waals surface area contributed by atoms with E-state index >= 15 is 0 Å².